The van der Waals surface area contributed by atoms with Crippen LogP contribution in [-0.4, -0.2) is 39.0 Å². The molecule has 0 unspecified atom stereocenters. The number of aromatic nitrogens is 5. The molecule has 0 radical (unpaired) electrons. The van der Waals surface area contributed by atoms with Crippen LogP contribution >= 0.6 is 0 Å². The molecule has 0 saturated carbocycles. The molecule has 1 aliphatic rings. The molecular formula is C35H35N9O3Si. The predicted molar refractivity (Wildman–Crippen MR) is 192 cm³/mol. The number of hydrogen-bond acceptors (Lipinski definition) is 9. The molecule has 0 spiro atoms. The summed E-state index contributed by atoms with van der Waals surface area (Å²) in [5.74, 6) is 2.30. The summed E-state index contributed by atoms with van der Waals surface area (Å²) in [7, 11) is -1.75. The topological polar surface area (TPSA) is 158 Å². The fourth-order valence-corrected chi connectivity index (χ4v) is 6.42. The van der Waals surface area contributed by atoms with Crippen LogP contribution in [0.2, 0.25) is 19.6 Å². The van der Waals surface area contributed by atoms with E-state index in [4.69, 9.17) is 20.1 Å². The third-order valence-electron chi connectivity index (χ3n) is 8.00. The Morgan fingerprint density at radius 2 is 1.85 bits per heavy atom. The number of nitrogens with zero attached hydrogens (tertiary/aromatic N) is 5. The third-order valence-corrected chi connectivity index (χ3v) is 9.79. The molecule has 3 heterocycles. The Balaban J connectivity index is 1.10. The number of carbonyl (C=O) groups is 1. The molecule has 3 aromatic heterocycles. The molecule has 13 heteroatoms. The minimum Gasteiger partial charge on any atom is -0.439 e. The van der Waals surface area contributed by atoms with E-state index in [9.17, 15) is 4.79 Å². The molecular weight excluding hydrogens is 623 g/mol. The predicted octanol–water partition coefficient (Wildman–Crippen LogP) is 7.38. The summed E-state index contributed by atoms with van der Waals surface area (Å²) in [6.07, 6.45) is 7.32. The number of nitrogens with two attached hydrogens (primary N) is 1. The molecule has 48 heavy (non-hydrogen) atoms. The molecule has 0 bridgehead atoms. The number of carbonyl (C=O) groups excluding carboxylic acids is 1. The second-order valence-electron chi connectivity index (χ2n) is 12.7. The molecule has 5 N–H and O–H groups in total. The first kappa shape index (κ1) is 30.7. The lowest BCUT2D eigenvalue weighted by atomic mass is 9.95. The van der Waals surface area contributed by atoms with Gasteiger partial charge >= 0.3 is 6.03 Å². The summed E-state index contributed by atoms with van der Waals surface area (Å²) in [5.41, 5.74) is 11.8. The second-order valence-corrected chi connectivity index (χ2v) is 17.7. The van der Waals surface area contributed by atoms with Gasteiger partial charge in [0.05, 0.1) is 16.8 Å². The van der Waals surface area contributed by atoms with Crippen molar-refractivity contribution in [3.05, 3.63) is 95.7 Å². The number of aryl methyl sites for hydroxylation is 1. The molecule has 242 valence electrons. The highest BCUT2D eigenvalue weighted by molar-refractivity contribution is 6.88. The number of urea groups is 1. The Morgan fingerprint density at radius 3 is 2.67 bits per heavy atom. The van der Waals surface area contributed by atoms with E-state index in [2.05, 4.69) is 56.8 Å². The van der Waals surface area contributed by atoms with Crippen molar-refractivity contribution in [3.8, 4) is 17.3 Å². The highest BCUT2D eigenvalue weighted by Gasteiger charge is 2.24. The van der Waals surface area contributed by atoms with E-state index in [1.807, 2.05) is 67.6 Å². The van der Waals surface area contributed by atoms with Gasteiger partial charge in [0.2, 0.25) is 11.8 Å². The fraction of sp³-hybridized carbons (Fsp3) is 0.171. The van der Waals surface area contributed by atoms with Gasteiger partial charge in [-0.3, -0.25) is 5.32 Å². The number of nitrogens with one attached hydrogen (secondary N) is 3. The second kappa shape index (κ2) is 12.3. The highest BCUT2D eigenvalue weighted by Crippen LogP contribution is 2.36. The average molecular weight is 658 g/mol. The maximum atomic E-state index is 13.5. The summed E-state index contributed by atoms with van der Waals surface area (Å²) < 4.78 is 13.3. The number of fused-ring (bicyclic) bond motifs is 2. The van der Waals surface area contributed by atoms with Crippen molar-refractivity contribution in [1.82, 2.24) is 24.9 Å². The zero-order valence-electron chi connectivity index (χ0n) is 27.0. The van der Waals surface area contributed by atoms with Crippen LogP contribution in [0.15, 0.2) is 83.5 Å². The average Bonchev–Trinajstić information content (AvgIpc) is 3.66. The Kier molecular flexibility index (Phi) is 7.89. The SMILES string of the molecule is Cc1ccc(-n2nc([Si](C)(C)C)cc2NC(=O)Nc2ccc(Oc3ccnc(Nc4ccc5onc(N)c5c4)n3)c3c2C=CCC3)cc1. The van der Waals surface area contributed by atoms with Crippen molar-refractivity contribution in [1.29, 1.82) is 0 Å². The van der Waals surface area contributed by atoms with Crippen molar-refractivity contribution < 1.29 is 14.1 Å². The third kappa shape index (κ3) is 6.35. The smallest absolute Gasteiger partial charge is 0.324 e. The van der Waals surface area contributed by atoms with Crippen molar-refractivity contribution in [2.24, 2.45) is 0 Å². The zero-order chi connectivity index (χ0) is 33.4. The van der Waals surface area contributed by atoms with Crippen molar-refractivity contribution in [2.75, 3.05) is 21.7 Å². The van der Waals surface area contributed by atoms with Crippen LogP contribution in [0.1, 0.15) is 23.1 Å². The summed E-state index contributed by atoms with van der Waals surface area (Å²) in [6, 6.07) is 20.5. The molecule has 0 atom stereocenters. The quantitative estimate of drug-likeness (QED) is 0.123. The first-order chi connectivity index (χ1) is 23.1. The van der Waals surface area contributed by atoms with Crippen LogP contribution in [0.3, 0.4) is 0 Å². The van der Waals surface area contributed by atoms with Crippen LogP contribution in [0.25, 0.3) is 22.7 Å². The van der Waals surface area contributed by atoms with Crippen LogP contribution in [0.4, 0.5) is 33.8 Å². The van der Waals surface area contributed by atoms with Gasteiger partial charge in [0.25, 0.3) is 0 Å². The van der Waals surface area contributed by atoms with E-state index >= 15 is 0 Å². The van der Waals surface area contributed by atoms with Crippen LogP contribution in [0.5, 0.6) is 11.6 Å². The number of anilines is 5. The lowest BCUT2D eigenvalue weighted by molar-refractivity contribution is 0.262. The standard InChI is InChI=1S/C35H35N9O3Si/c1-21-9-12-23(13-10-21)44-30(20-32(42-44)48(2,3)4)40-35(45)39-27-14-16-28(25-8-6-5-7-24(25)27)46-31-17-18-37-34(41-31)38-22-11-15-29-26(19-22)33(36)43-47-29/h5,7,9-20H,6,8H2,1-4H3,(H2,36,43)(H,37,38,41)(H2,39,40,45). The monoisotopic (exact) mass is 657 g/mol. The van der Waals surface area contributed by atoms with Crippen LogP contribution in [0, 0.1) is 6.92 Å². The normalized spacial score (nSPS) is 12.5. The number of rotatable bonds is 8. The van der Waals surface area contributed by atoms with Gasteiger partial charge in [0.15, 0.2) is 11.4 Å². The molecule has 12 nitrogen and oxygen atoms in total. The van der Waals surface area contributed by atoms with E-state index in [-0.39, 0.29) is 6.03 Å². The Morgan fingerprint density at radius 1 is 1.02 bits per heavy atom. The van der Waals surface area contributed by atoms with Crippen LogP contribution < -0.4 is 31.7 Å². The number of allylic oxidation sites excluding steroid dienone is 1. The molecule has 0 fully saturated rings. The lowest BCUT2D eigenvalue weighted by Crippen LogP contribution is -2.39. The van der Waals surface area contributed by atoms with Gasteiger partial charge in [-0.1, -0.05) is 54.6 Å². The van der Waals surface area contributed by atoms with E-state index < -0.39 is 8.07 Å². The van der Waals surface area contributed by atoms with E-state index in [0.29, 0.717) is 45.9 Å². The van der Waals surface area contributed by atoms with Crippen molar-refractivity contribution in [3.63, 3.8) is 0 Å². The maximum Gasteiger partial charge on any atom is 0.324 e. The summed E-state index contributed by atoms with van der Waals surface area (Å²) >= 11 is 0. The first-order valence-electron chi connectivity index (χ1n) is 15.6. The largest absolute Gasteiger partial charge is 0.439 e. The van der Waals surface area contributed by atoms with Gasteiger partial charge in [-0.25, -0.2) is 14.5 Å². The molecule has 7 rings (SSSR count). The Bertz CT molecular complexity index is 2180. The first-order valence-corrected chi connectivity index (χ1v) is 19.1. The highest BCUT2D eigenvalue weighted by atomic mass is 28.3. The molecule has 6 aromatic rings. The van der Waals surface area contributed by atoms with Gasteiger partial charge in [0, 0.05) is 34.4 Å². The lowest BCUT2D eigenvalue weighted by Gasteiger charge is -2.20. The van der Waals surface area contributed by atoms with E-state index in [0.717, 1.165) is 46.2 Å². The minimum atomic E-state index is -1.75. The van der Waals surface area contributed by atoms with Gasteiger partial charge in [-0.2, -0.15) is 10.1 Å². The summed E-state index contributed by atoms with van der Waals surface area (Å²) in [6.45, 7) is 8.74. The number of hydrogen-bond donors (Lipinski definition) is 4. The van der Waals surface area contributed by atoms with Crippen molar-refractivity contribution in [2.45, 2.75) is 39.4 Å². The van der Waals surface area contributed by atoms with E-state index in [1.54, 1.807) is 23.0 Å². The van der Waals surface area contributed by atoms with E-state index in [1.165, 1.54) is 0 Å². The van der Waals surface area contributed by atoms with Gasteiger partial charge in [0.1, 0.15) is 19.6 Å². The fourth-order valence-electron chi connectivity index (χ4n) is 5.45. The maximum absolute atomic E-state index is 13.5. The molecule has 0 aliphatic heterocycles. The van der Waals surface area contributed by atoms with Gasteiger partial charge in [-0.15, -0.1) is 0 Å². The van der Waals surface area contributed by atoms with Gasteiger partial charge < -0.3 is 25.6 Å². The Hall–Kier alpha value is -5.95. The number of benzene rings is 3. The molecule has 2 amide bonds. The Labute approximate surface area is 278 Å². The zero-order valence-corrected chi connectivity index (χ0v) is 28.0. The van der Waals surface area contributed by atoms with Crippen molar-refractivity contribution >= 4 is 65.4 Å². The summed E-state index contributed by atoms with van der Waals surface area (Å²) in [5, 5.41) is 19.7. The van der Waals surface area contributed by atoms with Crippen LogP contribution in [-0.2, 0) is 6.42 Å². The van der Waals surface area contributed by atoms with Gasteiger partial charge in [-0.05, 0) is 68.3 Å². The molecule has 0 saturated heterocycles. The summed E-state index contributed by atoms with van der Waals surface area (Å²) in [4.78, 5) is 22.4. The number of amides is 2. The number of ether oxygens (including phenoxy) is 1. The molecule has 3 aromatic carbocycles. The molecule has 1 aliphatic carbocycles. The number of nitrogen functional groups attached to an aromatic ring is 1. The minimum absolute atomic E-state index is 0.311.